The van der Waals surface area contributed by atoms with Crippen LogP contribution in [-0.4, -0.2) is 17.1 Å². The average molecular weight is 443 g/mol. The van der Waals surface area contributed by atoms with Crippen molar-refractivity contribution in [1.29, 1.82) is 0 Å². The number of carbonyl (C=O) groups is 1. The van der Waals surface area contributed by atoms with E-state index in [1.54, 1.807) is 44.2 Å². The lowest BCUT2D eigenvalue weighted by molar-refractivity contribution is -0.122. The molecule has 0 unspecified atom stereocenters. The van der Waals surface area contributed by atoms with Gasteiger partial charge in [-0.1, -0.05) is 28.1 Å². The van der Waals surface area contributed by atoms with Crippen LogP contribution in [0.15, 0.2) is 51.4 Å². The number of carbonyl (C=O) groups excluding carboxylic acids is 1. The highest BCUT2D eigenvalue weighted by Gasteiger charge is 2.16. The number of aliphatic hydroxyl groups is 1. The SMILES string of the molecule is C[C@H](Oc1ccc(Br)cc1Br)C(=O)Nc1cccc([C@@H](C)O)c1. The molecule has 0 heterocycles. The van der Waals surface area contributed by atoms with Crippen molar-refractivity contribution in [1.82, 2.24) is 0 Å². The second-order valence-electron chi connectivity index (χ2n) is 5.13. The minimum atomic E-state index is -0.664. The van der Waals surface area contributed by atoms with Gasteiger partial charge in [-0.3, -0.25) is 4.79 Å². The molecule has 0 aliphatic heterocycles. The molecule has 2 rings (SSSR count). The normalized spacial score (nSPS) is 13.3. The van der Waals surface area contributed by atoms with Crippen molar-refractivity contribution in [2.45, 2.75) is 26.1 Å². The molecule has 0 aromatic heterocycles. The van der Waals surface area contributed by atoms with Crippen LogP contribution in [0.1, 0.15) is 25.5 Å². The Bertz CT molecular complexity index is 704. The molecule has 0 saturated heterocycles. The zero-order valence-electron chi connectivity index (χ0n) is 12.7. The molecule has 6 heteroatoms. The van der Waals surface area contributed by atoms with Crippen LogP contribution in [0, 0.1) is 0 Å². The highest BCUT2D eigenvalue weighted by Crippen LogP contribution is 2.29. The summed E-state index contributed by atoms with van der Waals surface area (Å²) in [5, 5.41) is 12.4. The van der Waals surface area contributed by atoms with Gasteiger partial charge in [0.25, 0.3) is 5.91 Å². The van der Waals surface area contributed by atoms with Gasteiger partial charge >= 0.3 is 0 Å². The van der Waals surface area contributed by atoms with E-state index in [0.717, 1.165) is 14.5 Å². The summed E-state index contributed by atoms with van der Waals surface area (Å²) in [7, 11) is 0. The number of hydrogen-bond donors (Lipinski definition) is 2. The molecule has 0 spiro atoms. The van der Waals surface area contributed by atoms with E-state index < -0.39 is 12.2 Å². The van der Waals surface area contributed by atoms with Gasteiger partial charge in [-0.15, -0.1) is 0 Å². The number of benzene rings is 2. The van der Waals surface area contributed by atoms with Crippen molar-refractivity contribution in [2.75, 3.05) is 5.32 Å². The van der Waals surface area contributed by atoms with Crippen molar-refractivity contribution >= 4 is 43.5 Å². The standard InChI is InChI=1S/C17H17Br2NO3/c1-10(21)12-4-3-5-14(8-12)20-17(22)11(2)23-16-7-6-13(18)9-15(16)19/h3-11,21H,1-2H3,(H,20,22)/t10-,11+/m1/s1. The van der Waals surface area contributed by atoms with E-state index in [1.165, 1.54) is 0 Å². The number of ether oxygens (including phenoxy) is 1. The molecule has 1 amide bonds. The fourth-order valence-corrected chi connectivity index (χ4v) is 3.08. The summed E-state index contributed by atoms with van der Waals surface area (Å²) in [5.74, 6) is 0.330. The average Bonchev–Trinajstić information content (AvgIpc) is 2.50. The third-order valence-corrected chi connectivity index (χ3v) is 4.32. The van der Waals surface area contributed by atoms with E-state index >= 15 is 0 Å². The molecule has 0 radical (unpaired) electrons. The number of halogens is 2. The fourth-order valence-electron chi connectivity index (χ4n) is 1.93. The molecule has 2 atom stereocenters. The first-order valence-electron chi connectivity index (χ1n) is 7.07. The van der Waals surface area contributed by atoms with E-state index in [-0.39, 0.29) is 5.91 Å². The third kappa shape index (κ3) is 5.06. The van der Waals surface area contributed by atoms with E-state index in [0.29, 0.717) is 11.4 Å². The minimum Gasteiger partial charge on any atom is -0.480 e. The van der Waals surface area contributed by atoms with E-state index in [1.807, 2.05) is 12.1 Å². The Morgan fingerprint density at radius 1 is 1.17 bits per heavy atom. The molecule has 0 fully saturated rings. The smallest absolute Gasteiger partial charge is 0.265 e. The topological polar surface area (TPSA) is 58.6 Å². The zero-order chi connectivity index (χ0) is 17.0. The van der Waals surface area contributed by atoms with E-state index in [4.69, 9.17) is 4.74 Å². The Balaban J connectivity index is 2.04. The number of anilines is 1. The number of nitrogens with one attached hydrogen (secondary N) is 1. The van der Waals surface area contributed by atoms with Gasteiger partial charge < -0.3 is 15.2 Å². The Morgan fingerprint density at radius 2 is 1.91 bits per heavy atom. The molecular formula is C17H17Br2NO3. The lowest BCUT2D eigenvalue weighted by atomic mass is 10.1. The monoisotopic (exact) mass is 441 g/mol. The van der Waals surface area contributed by atoms with Crippen LogP contribution in [-0.2, 0) is 4.79 Å². The van der Waals surface area contributed by atoms with Crippen molar-refractivity contribution in [3.05, 3.63) is 57.0 Å². The summed E-state index contributed by atoms with van der Waals surface area (Å²) in [6.45, 7) is 3.36. The van der Waals surface area contributed by atoms with Crippen LogP contribution in [0.2, 0.25) is 0 Å². The first-order chi connectivity index (χ1) is 10.9. The number of hydrogen-bond acceptors (Lipinski definition) is 3. The second kappa shape index (κ2) is 7.95. The summed E-state index contributed by atoms with van der Waals surface area (Å²) in [5.41, 5.74) is 1.37. The quantitative estimate of drug-likeness (QED) is 0.707. The Hall–Kier alpha value is -1.37. The van der Waals surface area contributed by atoms with Crippen LogP contribution in [0.3, 0.4) is 0 Å². The van der Waals surface area contributed by atoms with Crippen LogP contribution < -0.4 is 10.1 Å². The van der Waals surface area contributed by atoms with Gasteiger partial charge in [-0.25, -0.2) is 0 Å². The summed E-state index contributed by atoms with van der Waals surface area (Å²) < 4.78 is 7.37. The highest BCUT2D eigenvalue weighted by atomic mass is 79.9. The summed E-state index contributed by atoms with van der Waals surface area (Å²) in [6.07, 6.45) is -1.25. The molecule has 0 saturated carbocycles. The lowest BCUT2D eigenvalue weighted by Gasteiger charge is -2.16. The number of aliphatic hydroxyl groups excluding tert-OH is 1. The largest absolute Gasteiger partial charge is 0.480 e. The Labute approximate surface area is 152 Å². The first kappa shape index (κ1) is 18.0. The van der Waals surface area contributed by atoms with Crippen LogP contribution >= 0.6 is 31.9 Å². The van der Waals surface area contributed by atoms with Crippen LogP contribution in [0.4, 0.5) is 5.69 Å². The number of rotatable bonds is 5. The fraction of sp³-hybridized carbons (Fsp3) is 0.235. The second-order valence-corrected chi connectivity index (χ2v) is 6.90. The van der Waals surface area contributed by atoms with Crippen molar-refractivity contribution in [2.24, 2.45) is 0 Å². The van der Waals surface area contributed by atoms with E-state index in [9.17, 15) is 9.90 Å². The molecular weight excluding hydrogens is 426 g/mol. The molecule has 2 aromatic rings. The molecule has 23 heavy (non-hydrogen) atoms. The van der Waals surface area contributed by atoms with Crippen molar-refractivity contribution < 1.29 is 14.6 Å². The molecule has 0 aliphatic rings. The summed E-state index contributed by atoms with van der Waals surface area (Å²) >= 11 is 6.77. The molecule has 122 valence electrons. The van der Waals surface area contributed by atoms with Gasteiger partial charge in [0.1, 0.15) is 5.75 Å². The van der Waals surface area contributed by atoms with Crippen LogP contribution in [0.25, 0.3) is 0 Å². The molecule has 4 nitrogen and oxygen atoms in total. The summed E-state index contributed by atoms with van der Waals surface area (Å²) in [4.78, 5) is 12.3. The van der Waals surface area contributed by atoms with E-state index in [2.05, 4.69) is 37.2 Å². The molecule has 0 bridgehead atoms. The Morgan fingerprint density at radius 3 is 2.57 bits per heavy atom. The van der Waals surface area contributed by atoms with Gasteiger partial charge in [0.2, 0.25) is 0 Å². The predicted octanol–water partition coefficient (Wildman–Crippen LogP) is 4.67. The predicted molar refractivity (Wildman–Crippen MR) is 97.6 cm³/mol. The van der Waals surface area contributed by atoms with Crippen molar-refractivity contribution in [3.8, 4) is 5.75 Å². The molecule has 2 aromatic carbocycles. The highest BCUT2D eigenvalue weighted by molar-refractivity contribution is 9.11. The third-order valence-electron chi connectivity index (χ3n) is 3.20. The maximum atomic E-state index is 12.3. The van der Waals surface area contributed by atoms with Gasteiger partial charge in [0, 0.05) is 10.2 Å². The van der Waals surface area contributed by atoms with Gasteiger partial charge in [0.15, 0.2) is 6.10 Å². The summed E-state index contributed by atoms with van der Waals surface area (Å²) in [6, 6.07) is 12.6. The van der Waals surface area contributed by atoms with Crippen LogP contribution in [0.5, 0.6) is 5.75 Å². The maximum Gasteiger partial charge on any atom is 0.265 e. The molecule has 2 N–H and O–H groups in total. The lowest BCUT2D eigenvalue weighted by Crippen LogP contribution is -2.30. The first-order valence-corrected chi connectivity index (χ1v) is 8.66. The van der Waals surface area contributed by atoms with Gasteiger partial charge in [-0.05, 0) is 65.7 Å². The maximum absolute atomic E-state index is 12.3. The minimum absolute atomic E-state index is 0.262. The zero-order valence-corrected chi connectivity index (χ0v) is 15.9. The number of amides is 1. The Kier molecular flexibility index (Phi) is 6.21. The van der Waals surface area contributed by atoms with Gasteiger partial charge in [-0.2, -0.15) is 0 Å². The van der Waals surface area contributed by atoms with Gasteiger partial charge in [0.05, 0.1) is 10.6 Å². The molecule has 0 aliphatic carbocycles. The van der Waals surface area contributed by atoms with Crippen molar-refractivity contribution in [3.63, 3.8) is 0 Å².